The molecule has 1 heterocycles. The Kier molecular flexibility index (Phi) is 11.2. The van der Waals surface area contributed by atoms with Gasteiger partial charge in [-0.2, -0.15) is 44.6 Å². The monoisotopic (exact) mass is 667 g/mol. The summed E-state index contributed by atoms with van der Waals surface area (Å²) < 4.78 is 123. The highest BCUT2D eigenvalue weighted by Gasteiger charge is 2.37. The summed E-state index contributed by atoms with van der Waals surface area (Å²) in [6.07, 6.45) is -14.5. The molecule has 2 aromatic carbocycles. The number of guanidine groups is 1. The molecule has 45 heavy (non-hydrogen) atoms. The molecule has 1 unspecified atom stereocenters. The van der Waals surface area contributed by atoms with Gasteiger partial charge in [0.15, 0.2) is 0 Å². The van der Waals surface area contributed by atoms with Crippen LogP contribution in [0, 0.1) is 6.92 Å². The predicted octanol–water partition coefficient (Wildman–Crippen LogP) is 8.40. The number of hydrogen-bond acceptors (Lipinski definition) is 6. The van der Waals surface area contributed by atoms with Crippen LogP contribution in [-0.4, -0.2) is 34.8 Å². The van der Waals surface area contributed by atoms with E-state index >= 15 is 0 Å². The number of azo groups is 1. The standard InChI is InChI=1S/C28H30F9N7S/c1-5-24(43(4)14-22-15-45-16(2)40-22)23-7-6-19(26(29,30)31)10-18(23)13-44(25(41-38)42-39-3)12-17-8-20(27(32,33)34)11-21(9-17)28(35,36)37/h6-11,15,24H,5,12-14,38H2,1-4H3. The minimum absolute atomic E-state index is 0.0199. The van der Waals surface area contributed by atoms with Gasteiger partial charge in [-0.1, -0.05) is 13.0 Å². The molecule has 0 saturated carbocycles. The molecular weight excluding hydrogens is 637 g/mol. The second-order valence-corrected chi connectivity index (χ2v) is 11.2. The maximum Gasteiger partial charge on any atom is 0.416 e. The Balaban J connectivity index is 2.15. The molecular formula is C28H30F9N7S. The number of alkyl halides is 9. The van der Waals surface area contributed by atoms with Crippen LogP contribution in [0.4, 0.5) is 39.5 Å². The van der Waals surface area contributed by atoms with Gasteiger partial charge in [-0.05, 0) is 67.4 Å². The molecule has 1 atom stereocenters. The minimum atomic E-state index is -5.11. The maximum atomic E-state index is 13.9. The van der Waals surface area contributed by atoms with Crippen molar-refractivity contribution in [2.75, 3.05) is 14.1 Å². The van der Waals surface area contributed by atoms with Gasteiger partial charge in [0, 0.05) is 38.1 Å². The highest BCUT2D eigenvalue weighted by atomic mass is 32.1. The first-order valence-corrected chi connectivity index (χ1v) is 14.2. The van der Waals surface area contributed by atoms with E-state index < -0.39 is 65.9 Å². The van der Waals surface area contributed by atoms with Crippen molar-refractivity contribution >= 4 is 17.3 Å². The largest absolute Gasteiger partial charge is 0.416 e. The van der Waals surface area contributed by atoms with Gasteiger partial charge >= 0.3 is 18.5 Å². The average molecular weight is 668 g/mol. The van der Waals surface area contributed by atoms with E-state index in [0.717, 1.165) is 27.7 Å². The Bertz CT molecular complexity index is 1480. The fourth-order valence-corrected chi connectivity index (χ4v) is 5.46. The van der Waals surface area contributed by atoms with Crippen molar-refractivity contribution in [3.8, 4) is 0 Å². The van der Waals surface area contributed by atoms with Crippen molar-refractivity contribution in [3.05, 3.63) is 85.9 Å². The Labute approximate surface area is 257 Å². The first-order valence-electron chi connectivity index (χ1n) is 13.3. The van der Waals surface area contributed by atoms with Crippen LogP contribution in [-0.2, 0) is 38.2 Å². The summed E-state index contributed by atoms with van der Waals surface area (Å²) in [7, 11) is 2.98. The highest BCUT2D eigenvalue weighted by molar-refractivity contribution is 7.09. The number of aryl methyl sites for hydroxylation is 1. The normalized spacial score (nSPS) is 14.0. The quantitative estimate of drug-likeness (QED) is 0.0621. The SMILES string of the molecule is CCC(c1ccc(C(F)(F)F)cc1CN(Cc1cc(C(F)(F)F)cc(C(F)(F)F)c1)C(N=NC)=NN)N(C)Cc1csc(C)n1. The van der Waals surface area contributed by atoms with Crippen LogP contribution < -0.4 is 5.84 Å². The zero-order valence-electron chi connectivity index (χ0n) is 24.5. The second-order valence-electron chi connectivity index (χ2n) is 10.1. The minimum Gasteiger partial charge on any atom is -0.330 e. The summed E-state index contributed by atoms with van der Waals surface area (Å²) in [4.78, 5) is 7.39. The topological polar surface area (TPSA) is 82.5 Å². The summed E-state index contributed by atoms with van der Waals surface area (Å²) in [5.41, 5.74) is -3.31. The Morgan fingerprint density at radius 2 is 1.49 bits per heavy atom. The molecule has 17 heteroatoms. The lowest BCUT2D eigenvalue weighted by molar-refractivity contribution is -0.143. The number of aromatic nitrogens is 1. The number of hydrazone groups is 1. The Morgan fingerprint density at radius 3 is 1.96 bits per heavy atom. The van der Waals surface area contributed by atoms with Crippen molar-refractivity contribution in [2.24, 2.45) is 21.2 Å². The van der Waals surface area contributed by atoms with Gasteiger partial charge < -0.3 is 10.7 Å². The number of halogens is 9. The summed E-state index contributed by atoms with van der Waals surface area (Å²) in [6.45, 7) is 2.87. The van der Waals surface area contributed by atoms with Crippen LogP contribution >= 0.6 is 11.3 Å². The number of nitrogens with zero attached hydrogens (tertiary/aromatic N) is 6. The summed E-state index contributed by atoms with van der Waals surface area (Å²) in [5.74, 6) is 5.04. The molecule has 0 saturated heterocycles. The van der Waals surface area contributed by atoms with E-state index in [1.165, 1.54) is 24.5 Å². The molecule has 7 nitrogen and oxygen atoms in total. The molecule has 0 aliphatic carbocycles. The van der Waals surface area contributed by atoms with Gasteiger partial charge in [-0.15, -0.1) is 21.6 Å². The van der Waals surface area contributed by atoms with E-state index in [1.54, 1.807) is 7.05 Å². The van der Waals surface area contributed by atoms with E-state index in [1.807, 2.05) is 24.1 Å². The molecule has 2 N–H and O–H groups in total. The third kappa shape index (κ3) is 9.39. The van der Waals surface area contributed by atoms with Gasteiger partial charge in [0.25, 0.3) is 5.96 Å². The van der Waals surface area contributed by atoms with Crippen LogP contribution in [0.5, 0.6) is 0 Å². The van der Waals surface area contributed by atoms with Gasteiger partial charge in [0.2, 0.25) is 0 Å². The summed E-state index contributed by atoms with van der Waals surface area (Å²) in [6, 6.07) is 3.67. The number of rotatable bonds is 9. The lowest BCUT2D eigenvalue weighted by Gasteiger charge is -2.31. The molecule has 3 rings (SSSR count). The molecule has 0 amide bonds. The first kappa shape index (κ1) is 35.7. The van der Waals surface area contributed by atoms with Crippen molar-refractivity contribution < 1.29 is 39.5 Å². The number of nitrogens with two attached hydrogens (primary N) is 1. The summed E-state index contributed by atoms with van der Waals surface area (Å²) in [5, 5.41) is 13.4. The third-order valence-electron chi connectivity index (χ3n) is 6.80. The number of benzene rings is 2. The van der Waals surface area contributed by atoms with Gasteiger partial charge in [0.1, 0.15) is 0 Å². The molecule has 246 valence electrons. The smallest absolute Gasteiger partial charge is 0.330 e. The van der Waals surface area contributed by atoms with Gasteiger partial charge in [-0.3, -0.25) is 4.90 Å². The lowest BCUT2D eigenvalue weighted by atomic mass is 9.94. The molecule has 0 aliphatic heterocycles. The molecule has 0 spiro atoms. The van der Waals surface area contributed by atoms with Crippen LogP contribution in [0.3, 0.4) is 0 Å². The molecule has 0 fully saturated rings. The van der Waals surface area contributed by atoms with Crippen LogP contribution in [0.2, 0.25) is 0 Å². The predicted molar refractivity (Wildman–Crippen MR) is 151 cm³/mol. The van der Waals surface area contributed by atoms with E-state index in [-0.39, 0.29) is 11.6 Å². The van der Waals surface area contributed by atoms with Crippen molar-refractivity contribution in [3.63, 3.8) is 0 Å². The zero-order valence-corrected chi connectivity index (χ0v) is 25.3. The molecule has 0 bridgehead atoms. The summed E-state index contributed by atoms with van der Waals surface area (Å²) >= 11 is 1.44. The van der Waals surface area contributed by atoms with Gasteiger partial charge in [-0.25, -0.2) is 4.98 Å². The van der Waals surface area contributed by atoms with Crippen molar-refractivity contribution in [1.82, 2.24) is 14.8 Å². The van der Waals surface area contributed by atoms with E-state index in [2.05, 4.69) is 20.3 Å². The first-order chi connectivity index (χ1) is 20.9. The van der Waals surface area contributed by atoms with E-state index in [0.29, 0.717) is 30.7 Å². The fraction of sp³-hybridized carbons (Fsp3) is 0.429. The highest BCUT2D eigenvalue weighted by Crippen LogP contribution is 2.38. The molecule has 0 radical (unpaired) electrons. The van der Waals surface area contributed by atoms with E-state index in [4.69, 9.17) is 5.84 Å². The molecule has 3 aromatic rings. The van der Waals surface area contributed by atoms with Crippen LogP contribution in [0.15, 0.2) is 57.1 Å². The van der Waals surface area contributed by atoms with Crippen molar-refractivity contribution in [1.29, 1.82) is 0 Å². The maximum absolute atomic E-state index is 13.9. The van der Waals surface area contributed by atoms with Crippen molar-refractivity contribution in [2.45, 2.75) is 64.5 Å². The second kappa shape index (κ2) is 14.1. The molecule has 1 aromatic heterocycles. The Hall–Kier alpha value is -3.73. The van der Waals surface area contributed by atoms with E-state index in [9.17, 15) is 39.5 Å². The third-order valence-corrected chi connectivity index (χ3v) is 7.62. The fourth-order valence-electron chi connectivity index (χ4n) is 4.85. The Morgan fingerprint density at radius 1 is 0.889 bits per heavy atom. The lowest BCUT2D eigenvalue weighted by Crippen LogP contribution is -2.32. The number of hydrogen-bond donors (Lipinski definition) is 1. The molecule has 0 aliphatic rings. The number of thiazole rings is 1. The zero-order chi connectivity index (χ0) is 33.7. The average Bonchev–Trinajstić information content (AvgIpc) is 3.34. The van der Waals surface area contributed by atoms with Crippen LogP contribution in [0.1, 0.15) is 63.5 Å². The van der Waals surface area contributed by atoms with Gasteiger partial charge in [0.05, 0.1) is 27.4 Å². The van der Waals surface area contributed by atoms with Crippen LogP contribution in [0.25, 0.3) is 0 Å².